The highest BCUT2D eigenvalue weighted by Gasteiger charge is 2.08. The molecule has 0 aliphatic carbocycles. The lowest BCUT2D eigenvalue weighted by atomic mass is 10.2. The number of rotatable bonds is 3. The molecule has 2 aromatic carbocycles. The second-order valence-electron chi connectivity index (χ2n) is 3.84. The summed E-state index contributed by atoms with van der Waals surface area (Å²) in [7, 11) is 0. The molecule has 2 aromatic rings. The second-order valence-corrected chi connectivity index (χ2v) is 5.91. The lowest BCUT2D eigenvalue weighted by Gasteiger charge is -2.11. The van der Waals surface area contributed by atoms with Gasteiger partial charge in [0.25, 0.3) is 0 Å². The number of benzene rings is 2. The summed E-state index contributed by atoms with van der Waals surface area (Å²) >= 11 is 21.2. The molecule has 0 bridgehead atoms. The largest absolute Gasteiger partial charge is 0.487 e. The Morgan fingerprint density at radius 3 is 2.37 bits per heavy atom. The Morgan fingerprint density at radius 2 is 1.68 bits per heavy atom. The summed E-state index contributed by atoms with van der Waals surface area (Å²) in [6, 6.07) is 8.65. The summed E-state index contributed by atoms with van der Waals surface area (Å²) in [5.41, 5.74) is 7.31. The van der Waals surface area contributed by atoms with Gasteiger partial charge in [-0.1, -0.05) is 56.8 Å². The van der Waals surface area contributed by atoms with E-state index in [1.807, 2.05) is 12.1 Å². The minimum atomic E-state index is 0.346. The summed E-state index contributed by atoms with van der Waals surface area (Å²) in [4.78, 5) is 0. The van der Waals surface area contributed by atoms with Crippen LogP contribution in [0.5, 0.6) is 5.75 Å². The summed E-state index contributed by atoms with van der Waals surface area (Å²) in [6.45, 7) is 0.346. The van der Waals surface area contributed by atoms with Crippen LogP contribution in [0.15, 0.2) is 34.8 Å². The number of hydrogen-bond acceptors (Lipinski definition) is 2. The molecule has 0 saturated heterocycles. The van der Waals surface area contributed by atoms with Crippen molar-refractivity contribution in [2.24, 2.45) is 0 Å². The Labute approximate surface area is 134 Å². The van der Waals surface area contributed by atoms with Crippen molar-refractivity contribution in [3.8, 4) is 5.75 Å². The van der Waals surface area contributed by atoms with Crippen LogP contribution < -0.4 is 10.5 Å². The van der Waals surface area contributed by atoms with Gasteiger partial charge >= 0.3 is 0 Å². The maximum atomic E-state index is 6.03. The van der Waals surface area contributed by atoms with Gasteiger partial charge in [-0.2, -0.15) is 0 Å². The molecule has 0 heterocycles. The van der Waals surface area contributed by atoms with Crippen LogP contribution in [0.25, 0.3) is 0 Å². The molecule has 0 radical (unpaired) electrons. The molecule has 0 atom stereocenters. The lowest BCUT2D eigenvalue weighted by molar-refractivity contribution is 0.305. The van der Waals surface area contributed by atoms with Gasteiger partial charge in [0, 0.05) is 21.8 Å². The zero-order valence-electron chi connectivity index (χ0n) is 9.59. The van der Waals surface area contributed by atoms with Crippen LogP contribution in [-0.4, -0.2) is 0 Å². The molecule has 100 valence electrons. The quantitative estimate of drug-likeness (QED) is 0.557. The molecule has 6 heteroatoms. The first-order valence-electron chi connectivity index (χ1n) is 5.28. The summed E-state index contributed by atoms with van der Waals surface area (Å²) < 4.78 is 6.51. The fraction of sp³-hybridized carbons (Fsp3) is 0.0769. The zero-order valence-corrected chi connectivity index (χ0v) is 13.4. The number of ether oxygens (including phenoxy) is 1. The van der Waals surface area contributed by atoms with Crippen LogP contribution in [0.1, 0.15) is 5.56 Å². The molecular formula is C13H9BrCl3NO. The molecule has 0 aromatic heterocycles. The standard InChI is InChI=1S/C13H9BrCl3NO/c14-9-3-8(18)2-1-7(9)6-19-13-5-11(16)10(15)4-12(13)17/h1-5H,6,18H2. The molecule has 0 amide bonds. The molecule has 2 N–H and O–H groups in total. The van der Waals surface area contributed by atoms with E-state index in [9.17, 15) is 0 Å². The van der Waals surface area contributed by atoms with Gasteiger partial charge in [0.05, 0.1) is 15.1 Å². The predicted octanol–water partition coefficient (Wildman–Crippen LogP) is 5.57. The number of nitrogens with two attached hydrogens (primary N) is 1. The molecule has 0 unspecified atom stereocenters. The summed E-state index contributed by atoms with van der Waals surface area (Å²) in [6.07, 6.45) is 0. The molecule has 0 aliphatic heterocycles. The minimum absolute atomic E-state index is 0.346. The normalized spacial score (nSPS) is 10.5. The van der Waals surface area contributed by atoms with E-state index in [1.165, 1.54) is 0 Å². The van der Waals surface area contributed by atoms with E-state index in [4.69, 9.17) is 45.3 Å². The number of hydrogen-bond donors (Lipinski definition) is 1. The fourth-order valence-corrected chi connectivity index (χ4v) is 2.55. The molecule has 0 spiro atoms. The smallest absolute Gasteiger partial charge is 0.139 e. The Balaban J connectivity index is 2.16. The molecule has 19 heavy (non-hydrogen) atoms. The monoisotopic (exact) mass is 379 g/mol. The molecule has 2 nitrogen and oxygen atoms in total. The molecule has 0 saturated carbocycles. The summed E-state index contributed by atoms with van der Waals surface area (Å²) in [5, 5.41) is 1.21. The first-order valence-corrected chi connectivity index (χ1v) is 7.21. The van der Waals surface area contributed by atoms with Gasteiger partial charge in [-0.15, -0.1) is 0 Å². The van der Waals surface area contributed by atoms with Gasteiger partial charge in [0.15, 0.2) is 0 Å². The van der Waals surface area contributed by atoms with E-state index in [0.717, 1.165) is 10.0 Å². The van der Waals surface area contributed by atoms with E-state index in [-0.39, 0.29) is 0 Å². The third-order valence-electron chi connectivity index (χ3n) is 2.44. The van der Waals surface area contributed by atoms with Crippen molar-refractivity contribution in [2.45, 2.75) is 6.61 Å². The van der Waals surface area contributed by atoms with Crippen LogP contribution in [-0.2, 0) is 6.61 Å². The lowest BCUT2D eigenvalue weighted by Crippen LogP contribution is -1.98. The minimum Gasteiger partial charge on any atom is -0.487 e. The topological polar surface area (TPSA) is 35.2 Å². The van der Waals surface area contributed by atoms with Crippen LogP contribution in [0.4, 0.5) is 5.69 Å². The van der Waals surface area contributed by atoms with Crippen LogP contribution in [0, 0.1) is 0 Å². The molecule has 2 rings (SSSR count). The van der Waals surface area contributed by atoms with E-state index in [0.29, 0.717) is 33.1 Å². The van der Waals surface area contributed by atoms with Crippen LogP contribution in [0.3, 0.4) is 0 Å². The molecular weight excluding hydrogens is 372 g/mol. The van der Waals surface area contributed by atoms with Crippen LogP contribution in [0.2, 0.25) is 15.1 Å². The van der Waals surface area contributed by atoms with Crippen LogP contribution >= 0.6 is 50.7 Å². The van der Waals surface area contributed by atoms with Gasteiger partial charge in [0.1, 0.15) is 12.4 Å². The van der Waals surface area contributed by atoms with E-state index < -0.39 is 0 Å². The third kappa shape index (κ3) is 3.69. The Morgan fingerprint density at radius 1 is 1.00 bits per heavy atom. The van der Waals surface area contributed by atoms with Crippen molar-refractivity contribution in [1.29, 1.82) is 0 Å². The van der Waals surface area contributed by atoms with Crippen molar-refractivity contribution in [2.75, 3.05) is 5.73 Å². The fourth-order valence-electron chi connectivity index (χ4n) is 1.45. The van der Waals surface area contributed by atoms with Gasteiger partial charge in [-0.25, -0.2) is 0 Å². The van der Waals surface area contributed by atoms with E-state index in [2.05, 4.69) is 15.9 Å². The average molecular weight is 381 g/mol. The highest BCUT2D eigenvalue weighted by atomic mass is 79.9. The number of halogens is 4. The third-order valence-corrected chi connectivity index (χ3v) is 4.19. The summed E-state index contributed by atoms with van der Waals surface area (Å²) in [5.74, 6) is 0.486. The van der Waals surface area contributed by atoms with E-state index >= 15 is 0 Å². The Hall–Kier alpha value is -0.610. The maximum Gasteiger partial charge on any atom is 0.139 e. The van der Waals surface area contributed by atoms with Gasteiger partial charge in [0.2, 0.25) is 0 Å². The zero-order chi connectivity index (χ0) is 14.0. The highest BCUT2D eigenvalue weighted by molar-refractivity contribution is 9.10. The highest BCUT2D eigenvalue weighted by Crippen LogP contribution is 2.34. The number of anilines is 1. The number of nitrogen functional groups attached to an aromatic ring is 1. The van der Waals surface area contributed by atoms with Crippen molar-refractivity contribution < 1.29 is 4.74 Å². The Kier molecular flexibility index (Phi) is 4.85. The van der Waals surface area contributed by atoms with Crippen molar-refractivity contribution in [3.63, 3.8) is 0 Å². The van der Waals surface area contributed by atoms with Crippen molar-refractivity contribution in [3.05, 3.63) is 55.4 Å². The second kappa shape index (κ2) is 6.23. The SMILES string of the molecule is Nc1ccc(COc2cc(Cl)c(Cl)cc2Cl)c(Br)c1. The maximum absolute atomic E-state index is 6.03. The first kappa shape index (κ1) is 14.8. The predicted molar refractivity (Wildman–Crippen MR) is 84.4 cm³/mol. The Bertz CT molecular complexity index is 619. The first-order chi connectivity index (χ1) is 8.97. The molecule has 0 fully saturated rings. The van der Waals surface area contributed by atoms with E-state index in [1.54, 1.807) is 18.2 Å². The molecule has 0 aliphatic rings. The van der Waals surface area contributed by atoms with Gasteiger partial charge in [-0.3, -0.25) is 0 Å². The average Bonchev–Trinajstić information content (AvgIpc) is 2.34. The van der Waals surface area contributed by atoms with Gasteiger partial charge < -0.3 is 10.5 Å². The van der Waals surface area contributed by atoms with Crippen molar-refractivity contribution >= 4 is 56.4 Å². The van der Waals surface area contributed by atoms with Crippen molar-refractivity contribution in [1.82, 2.24) is 0 Å². The van der Waals surface area contributed by atoms with Gasteiger partial charge in [-0.05, 0) is 18.2 Å².